The van der Waals surface area contributed by atoms with E-state index in [4.69, 9.17) is 4.74 Å². The molecule has 0 fully saturated rings. The number of nitriles is 1. The van der Waals surface area contributed by atoms with Crippen molar-refractivity contribution in [3.05, 3.63) is 54.4 Å². The number of ether oxygens (including phenoxy) is 1. The number of carbonyl (C=O) groups is 1. The lowest BCUT2D eigenvalue weighted by atomic mass is 9.87. The molecular weight excluding hydrogens is 290 g/mol. The standard InChI is InChI=1S/C18H19N3O2/c1-18(2,3)16(11-19)21-17(22)13-6-8-14(9-7-13)23-15-5-4-10-20-12-15/h4-10,12,16H,1-3H3,(H,21,22)/t16-/m0/s1. The maximum atomic E-state index is 12.2. The minimum Gasteiger partial charge on any atom is -0.456 e. The molecule has 0 saturated carbocycles. The lowest BCUT2D eigenvalue weighted by Gasteiger charge is -2.25. The zero-order valence-electron chi connectivity index (χ0n) is 13.4. The third-order valence-electron chi connectivity index (χ3n) is 3.26. The summed E-state index contributed by atoms with van der Waals surface area (Å²) in [6, 6.07) is 11.9. The van der Waals surface area contributed by atoms with E-state index in [1.54, 1.807) is 48.8 Å². The molecule has 0 saturated heterocycles. The Hall–Kier alpha value is -2.87. The van der Waals surface area contributed by atoms with Crippen LogP contribution in [0.2, 0.25) is 0 Å². The second kappa shape index (κ2) is 6.93. The Kier molecular flexibility index (Phi) is 4.97. The molecule has 0 bridgehead atoms. The molecule has 1 N–H and O–H groups in total. The van der Waals surface area contributed by atoms with Crippen LogP contribution in [0.5, 0.6) is 11.5 Å². The van der Waals surface area contributed by atoms with Crippen LogP contribution in [0.25, 0.3) is 0 Å². The minimum absolute atomic E-state index is 0.278. The fourth-order valence-electron chi connectivity index (χ4n) is 1.87. The monoisotopic (exact) mass is 309 g/mol. The molecule has 0 aliphatic carbocycles. The van der Waals surface area contributed by atoms with Crippen molar-refractivity contribution in [3.63, 3.8) is 0 Å². The molecule has 0 radical (unpaired) electrons. The largest absolute Gasteiger partial charge is 0.456 e. The van der Waals surface area contributed by atoms with Gasteiger partial charge in [0.1, 0.15) is 17.5 Å². The van der Waals surface area contributed by atoms with Gasteiger partial charge in [0, 0.05) is 11.8 Å². The van der Waals surface area contributed by atoms with Gasteiger partial charge in [-0.15, -0.1) is 0 Å². The zero-order chi connectivity index (χ0) is 16.9. The predicted octanol–water partition coefficient (Wildman–Crippen LogP) is 3.54. The third-order valence-corrected chi connectivity index (χ3v) is 3.26. The lowest BCUT2D eigenvalue weighted by Crippen LogP contribution is -2.42. The van der Waals surface area contributed by atoms with Crippen molar-refractivity contribution in [3.8, 4) is 17.6 Å². The molecule has 1 atom stereocenters. The molecule has 2 rings (SSSR count). The van der Waals surface area contributed by atoms with Gasteiger partial charge in [-0.05, 0) is 41.8 Å². The second-order valence-corrected chi connectivity index (χ2v) is 6.22. The molecular formula is C18H19N3O2. The summed E-state index contributed by atoms with van der Waals surface area (Å²) >= 11 is 0. The van der Waals surface area contributed by atoms with Crippen molar-refractivity contribution >= 4 is 5.91 Å². The Morgan fingerprint density at radius 2 is 1.91 bits per heavy atom. The summed E-state index contributed by atoms with van der Waals surface area (Å²) < 4.78 is 5.62. The van der Waals surface area contributed by atoms with Gasteiger partial charge in [-0.2, -0.15) is 5.26 Å². The number of carbonyl (C=O) groups excluding carboxylic acids is 1. The average Bonchev–Trinajstić information content (AvgIpc) is 2.53. The van der Waals surface area contributed by atoms with Crippen LogP contribution in [0, 0.1) is 16.7 Å². The van der Waals surface area contributed by atoms with Crippen LogP contribution in [-0.4, -0.2) is 16.9 Å². The number of aromatic nitrogens is 1. The first kappa shape index (κ1) is 16.5. The molecule has 23 heavy (non-hydrogen) atoms. The Labute approximate surface area is 135 Å². The van der Waals surface area contributed by atoms with Crippen molar-refractivity contribution in [2.45, 2.75) is 26.8 Å². The Morgan fingerprint density at radius 1 is 1.22 bits per heavy atom. The van der Waals surface area contributed by atoms with E-state index in [1.165, 1.54) is 0 Å². The number of hydrogen-bond acceptors (Lipinski definition) is 4. The number of nitrogens with one attached hydrogen (secondary N) is 1. The van der Waals surface area contributed by atoms with Gasteiger partial charge in [0.25, 0.3) is 5.91 Å². The molecule has 0 spiro atoms. The minimum atomic E-state index is -0.554. The van der Waals surface area contributed by atoms with Crippen molar-refractivity contribution in [2.75, 3.05) is 0 Å². The highest BCUT2D eigenvalue weighted by molar-refractivity contribution is 5.94. The zero-order valence-corrected chi connectivity index (χ0v) is 13.4. The Bertz CT molecular complexity index is 698. The molecule has 0 aliphatic heterocycles. The molecule has 1 amide bonds. The topological polar surface area (TPSA) is 75.0 Å². The molecule has 0 aliphatic rings. The van der Waals surface area contributed by atoms with E-state index >= 15 is 0 Å². The summed E-state index contributed by atoms with van der Waals surface area (Å²) in [5.41, 5.74) is 0.154. The van der Waals surface area contributed by atoms with E-state index in [-0.39, 0.29) is 11.3 Å². The number of amides is 1. The van der Waals surface area contributed by atoms with Crippen LogP contribution < -0.4 is 10.1 Å². The van der Waals surface area contributed by atoms with E-state index in [0.717, 1.165) is 0 Å². The number of pyridine rings is 1. The van der Waals surface area contributed by atoms with Crippen LogP contribution in [0.1, 0.15) is 31.1 Å². The number of rotatable bonds is 4. The Balaban J connectivity index is 2.04. The quantitative estimate of drug-likeness (QED) is 0.937. The van der Waals surface area contributed by atoms with Gasteiger partial charge in [0.2, 0.25) is 0 Å². The highest BCUT2D eigenvalue weighted by Crippen LogP contribution is 2.21. The van der Waals surface area contributed by atoms with Crippen molar-refractivity contribution in [1.82, 2.24) is 10.3 Å². The highest BCUT2D eigenvalue weighted by atomic mass is 16.5. The van der Waals surface area contributed by atoms with Crippen LogP contribution in [0.15, 0.2) is 48.8 Å². The van der Waals surface area contributed by atoms with Gasteiger partial charge in [0.15, 0.2) is 0 Å². The lowest BCUT2D eigenvalue weighted by molar-refractivity contribution is 0.0922. The van der Waals surface area contributed by atoms with E-state index in [9.17, 15) is 10.1 Å². The molecule has 5 nitrogen and oxygen atoms in total. The van der Waals surface area contributed by atoms with Gasteiger partial charge in [-0.1, -0.05) is 20.8 Å². The van der Waals surface area contributed by atoms with Crippen molar-refractivity contribution in [2.24, 2.45) is 5.41 Å². The summed E-state index contributed by atoms with van der Waals surface area (Å²) in [6.07, 6.45) is 3.28. The van der Waals surface area contributed by atoms with Crippen LogP contribution in [0.4, 0.5) is 0 Å². The van der Waals surface area contributed by atoms with Crippen LogP contribution in [0.3, 0.4) is 0 Å². The molecule has 1 aromatic carbocycles. The molecule has 2 aromatic rings. The first-order chi connectivity index (χ1) is 10.9. The fourth-order valence-corrected chi connectivity index (χ4v) is 1.87. The summed E-state index contributed by atoms with van der Waals surface area (Å²) in [6.45, 7) is 5.73. The van der Waals surface area contributed by atoms with Gasteiger partial charge in [-0.25, -0.2) is 0 Å². The third kappa shape index (κ3) is 4.55. The summed E-state index contributed by atoms with van der Waals surface area (Å²) in [5.74, 6) is 0.962. The van der Waals surface area contributed by atoms with Crippen LogP contribution in [-0.2, 0) is 0 Å². The van der Waals surface area contributed by atoms with E-state index < -0.39 is 6.04 Å². The van der Waals surface area contributed by atoms with E-state index in [2.05, 4.69) is 16.4 Å². The smallest absolute Gasteiger partial charge is 0.252 e. The van der Waals surface area contributed by atoms with Gasteiger partial charge in [0.05, 0.1) is 12.3 Å². The number of nitrogens with zero attached hydrogens (tertiary/aromatic N) is 2. The van der Waals surface area contributed by atoms with Gasteiger partial charge >= 0.3 is 0 Å². The van der Waals surface area contributed by atoms with Crippen molar-refractivity contribution in [1.29, 1.82) is 5.26 Å². The fraction of sp³-hybridized carbons (Fsp3) is 0.278. The molecule has 118 valence electrons. The highest BCUT2D eigenvalue weighted by Gasteiger charge is 2.26. The number of benzene rings is 1. The van der Waals surface area contributed by atoms with E-state index in [1.807, 2.05) is 20.8 Å². The molecule has 1 aromatic heterocycles. The van der Waals surface area contributed by atoms with Crippen molar-refractivity contribution < 1.29 is 9.53 Å². The SMILES string of the molecule is CC(C)(C)[C@H](C#N)NC(=O)c1ccc(Oc2cccnc2)cc1. The Morgan fingerprint density at radius 3 is 2.43 bits per heavy atom. The number of hydrogen-bond donors (Lipinski definition) is 1. The van der Waals surface area contributed by atoms with Gasteiger partial charge < -0.3 is 10.1 Å². The summed E-state index contributed by atoms with van der Waals surface area (Å²) in [7, 11) is 0. The second-order valence-electron chi connectivity index (χ2n) is 6.22. The summed E-state index contributed by atoms with van der Waals surface area (Å²) in [5, 5.41) is 11.9. The summed E-state index contributed by atoms with van der Waals surface area (Å²) in [4.78, 5) is 16.2. The van der Waals surface area contributed by atoms with E-state index in [0.29, 0.717) is 17.1 Å². The first-order valence-corrected chi connectivity index (χ1v) is 7.28. The maximum Gasteiger partial charge on any atom is 0.252 e. The van der Waals surface area contributed by atoms with Crippen LogP contribution >= 0.6 is 0 Å². The maximum absolute atomic E-state index is 12.2. The normalized spacial score (nSPS) is 12.1. The molecule has 0 unspecified atom stereocenters. The molecule has 5 heteroatoms. The van der Waals surface area contributed by atoms with Gasteiger partial charge in [-0.3, -0.25) is 9.78 Å². The molecule has 1 heterocycles. The average molecular weight is 309 g/mol. The first-order valence-electron chi connectivity index (χ1n) is 7.28. The predicted molar refractivity (Wildman–Crippen MR) is 87.1 cm³/mol.